The molecule has 0 fully saturated rings. The summed E-state index contributed by atoms with van der Waals surface area (Å²) in [5, 5.41) is 9.29. The molecule has 0 saturated heterocycles. The third-order valence-corrected chi connectivity index (χ3v) is 3.90. The minimum Gasteiger partial charge on any atom is -0.431 e. The summed E-state index contributed by atoms with van der Waals surface area (Å²) in [4.78, 5) is 11.5. The fourth-order valence-electron chi connectivity index (χ4n) is 2.34. The first-order chi connectivity index (χ1) is 13.5. The lowest BCUT2D eigenvalue weighted by molar-refractivity contribution is -0.378. The molecule has 0 bridgehead atoms. The van der Waals surface area contributed by atoms with Gasteiger partial charge in [0.05, 0.1) is 0 Å². The Labute approximate surface area is 164 Å². The van der Waals surface area contributed by atoms with Crippen molar-refractivity contribution in [2.45, 2.75) is 42.8 Å². The Morgan fingerprint density at radius 1 is 0.806 bits per heavy atom. The van der Waals surface area contributed by atoms with Gasteiger partial charge in [-0.05, 0) is 13.0 Å². The highest BCUT2D eigenvalue weighted by atomic mass is 19.4. The Kier molecular flexibility index (Phi) is 6.52. The van der Waals surface area contributed by atoms with E-state index in [-0.39, 0.29) is 18.2 Å². The summed E-state index contributed by atoms with van der Waals surface area (Å²) in [5.41, 5.74) is -17.3. The number of carbonyl (C=O) groups excluding carboxylic acids is 1. The normalized spacial score (nSPS) is 14.4. The molecular formula is C16H10F12O3. The van der Waals surface area contributed by atoms with Crippen LogP contribution >= 0.6 is 0 Å². The van der Waals surface area contributed by atoms with Gasteiger partial charge in [-0.2, -0.15) is 52.7 Å². The zero-order chi connectivity index (χ0) is 24.8. The molecule has 0 aliphatic rings. The molecule has 176 valence electrons. The molecular weight excluding hydrogens is 468 g/mol. The Balaban J connectivity index is 4.02. The van der Waals surface area contributed by atoms with Crippen molar-refractivity contribution < 1.29 is 67.3 Å². The molecule has 0 radical (unpaired) electrons. The van der Waals surface area contributed by atoms with Gasteiger partial charge in [0.1, 0.15) is 0 Å². The number of hydrogen-bond donors (Lipinski definition) is 1. The van der Waals surface area contributed by atoms with Crippen molar-refractivity contribution in [2.75, 3.05) is 0 Å². The van der Waals surface area contributed by atoms with Crippen molar-refractivity contribution in [3.05, 3.63) is 47.5 Å². The minimum atomic E-state index is -6.61. The lowest BCUT2D eigenvalue weighted by Gasteiger charge is -2.38. The molecule has 3 nitrogen and oxygen atoms in total. The van der Waals surface area contributed by atoms with E-state index in [0.29, 0.717) is 6.92 Å². The number of carbonyl (C=O) groups is 1. The van der Waals surface area contributed by atoms with Gasteiger partial charge in [0.15, 0.2) is 0 Å². The third-order valence-electron chi connectivity index (χ3n) is 3.90. The first kappa shape index (κ1) is 26.6. The molecule has 0 aromatic heterocycles. The first-order valence-electron chi connectivity index (χ1n) is 7.53. The van der Waals surface area contributed by atoms with Crippen LogP contribution in [0.2, 0.25) is 0 Å². The predicted octanol–water partition coefficient (Wildman–Crippen LogP) is 5.44. The van der Waals surface area contributed by atoms with Crippen molar-refractivity contribution in [1.82, 2.24) is 0 Å². The third kappa shape index (κ3) is 4.32. The molecule has 0 saturated carbocycles. The van der Waals surface area contributed by atoms with Crippen LogP contribution in [0.1, 0.15) is 18.1 Å². The summed E-state index contributed by atoms with van der Waals surface area (Å²) < 4.78 is 163. The van der Waals surface area contributed by atoms with Crippen molar-refractivity contribution >= 4 is 5.97 Å². The van der Waals surface area contributed by atoms with Crippen LogP contribution in [0.15, 0.2) is 36.4 Å². The van der Waals surface area contributed by atoms with Crippen molar-refractivity contribution in [3.63, 3.8) is 0 Å². The average Bonchev–Trinajstić information content (AvgIpc) is 2.54. The van der Waals surface area contributed by atoms with Crippen LogP contribution < -0.4 is 0 Å². The number of benzene rings is 1. The molecule has 15 heteroatoms. The van der Waals surface area contributed by atoms with Crippen molar-refractivity contribution in [2.24, 2.45) is 0 Å². The summed E-state index contributed by atoms with van der Waals surface area (Å²) in [5.74, 6) is -2.29. The van der Waals surface area contributed by atoms with E-state index in [1.165, 1.54) is 0 Å². The number of esters is 1. The maximum atomic E-state index is 13.5. The molecule has 0 amide bonds. The highest BCUT2D eigenvalue weighted by Crippen LogP contribution is 2.55. The maximum absolute atomic E-state index is 13.5. The number of alkyl halides is 12. The molecule has 1 aromatic carbocycles. The van der Waals surface area contributed by atoms with Crippen LogP contribution in [0, 0.1) is 0 Å². The van der Waals surface area contributed by atoms with Crippen LogP contribution in [-0.4, -0.2) is 35.8 Å². The lowest BCUT2D eigenvalue weighted by atomic mass is 9.85. The fraction of sp³-hybridized carbons (Fsp3) is 0.438. The van der Waals surface area contributed by atoms with Gasteiger partial charge in [-0.1, -0.05) is 24.8 Å². The summed E-state index contributed by atoms with van der Waals surface area (Å²) >= 11 is 0. The molecule has 1 N–H and O–H groups in total. The molecule has 1 rings (SSSR count). The van der Waals surface area contributed by atoms with E-state index in [1.807, 2.05) is 0 Å². The number of halogens is 12. The first-order valence-corrected chi connectivity index (χ1v) is 7.53. The van der Waals surface area contributed by atoms with Crippen molar-refractivity contribution in [1.29, 1.82) is 0 Å². The quantitative estimate of drug-likeness (QED) is 0.357. The van der Waals surface area contributed by atoms with Crippen LogP contribution in [0.25, 0.3) is 0 Å². The Morgan fingerprint density at radius 2 is 1.19 bits per heavy atom. The Morgan fingerprint density at radius 3 is 1.52 bits per heavy atom. The van der Waals surface area contributed by atoms with Gasteiger partial charge in [-0.3, -0.25) is 0 Å². The monoisotopic (exact) mass is 478 g/mol. The molecule has 0 atom stereocenters. The van der Waals surface area contributed by atoms with E-state index in [0.717, 1.165) is 0 Å². The van der Waals surface area contributed by atoms with Gasteiger partial charge in [-0.25, -0.2) is 4.79 Å². The Hall–Kier alpha value is -2.45. The predicted molar refractivity (Wildman–Crippen MR) is 77.1 cm³/mol. The number of aliphatic hydroxyl groups is 1. The lowest BCUT2D eigenvalue weighted by Crippen LogP contribution is -2.57. The second kappa shape index (κ2) is 7.60. The molecule has 0 aliphatic heterocycles. The molecule has 1 aromatic rings. The summed E-state index contributed by atoms with van der Waals surface area (Å²) in [6.45, 7) is 3.41. The van der Waals surface area contributed by atoms with Gasteiger partial charge in [0.2, 0.25) is 0 Å². The number of ether oxygens (including phenoxy) is 1. The summed E-state index contributed by atoms with van der Waals surface area (Å²) in [7, 11) is 0. The standard InChI is InChI=1S/C16H10F12O3/c1-7(2)10(29)31-12(15(23,24)25,16(26,27)28)9-5-3-4-8(6-9)11(30,13(17,18)19)14(20,21)22/h3-6,30H,1H2,2H3. The maximum Gasteiger partial charge on any atom is 0.442 e. The van der Waals surface area contributed by atoms with Gasteiger partial charge >= 0.3 is 36.3 Å². The summed E-state index contributed by atoms with van der Waals surface area (Å²) in [6.07, 6.45) is -26.4. The Bertz CT molecular complexity index is 817. The minimum absolute atomic E-state index is 0.0338. The van der Waals surface area contributed by atoms with E-state index in [1.54, 1.807) is 0 Å². The van der Waals surface area contributed by atoms with Gasteiger partial charge in [-0.15, -0.1) is 0 Å². The van der Waals surface area contributed by atoms with Crippen LogP contribution in [0.4, 0.5) is 52.7 Å². The molecule has 31 heavy (non-hydrogen) atoms. The second-order valence-electron chi connectivity index (χ2n) is 6.13. The van der Waals surface area contributed by atoms with E-state index in [4.69, 9.17) is 0 Å². The van der Waals surface area contributed by atoms with Gasteiger partial charge in [0.25, 0.3) is 5.60 Å². The smallest absolute Gasteiger partial charge is 0.431 e. The van der Waals surface area contributed by atoms with Crippen LogP contribution in [0.3, 0.4) is 0 Å². The van der Waals surface area contributed by atoms with Gasteiger partial charge < -0.3 is 9.84 Å². The van der Waals surface area contributed by atoms with Crippen LogP contribution in [-0.2, 0) is 20.7 Å². The zero-order valence-electron chi connectivity index (χ0n) is 14.8. The average molecular weight is 478 g/mol. The van der Waals surface area contributed by atoms with E-state index >= 15 is 0 Å². The van der Waals surface area contributed by atoms with E-state index in [2.05, 4.69) is 11.3 Å². The largest absolute Gasteiger partial charge is 0.442 e. The van der Waals surface area contributed by atoms with E-state index in [9.17, 15) is 62.6 Å². The molecule has 0 spiro atoms. The topological polar surface area (TPSA) is 46.5 Å². The molecule has 0 unspecified atom stereocenters. The van der Waals surface area contributed by atoms with Gasteiger partial charge in [0, 0.05) is 16.7 Å². The second-order valence-corrected chi connectivity index (χ2v) is 6.13. The highest BCUT2D eigenvalue weighted by Gasteiger charge is 2.76. The van der Waals surface area contributed by atoms with E-state index < -0.39 is 64.6 Å². The fourth-order valence-corrected chi connectivity index (χ4v) is 2.34. The van der Waals surface area contributed by atoms with Crippen molar-refractivity contribution in [3.8, 4) is 0 Å². The number of hydrogen-bond acceptors (Lipinski definition) is 3. The van der Waals surface area contributed by atoms with Crippen LogP contribution in [0.5, 0.6) is 0 Å². The molecule has 0 aliphatic carbocycles. The summed E-state index contributed by atoms with van der Waals surface area (Å²) in [6, 6.07) is -1.23. The highest BCUT2D eigenvalue weighted by molar-refractivity contribution is 5.87. The number of rotatable bonds is 4. The SMILES string of the molecule is C=C(C)C(=O)OC(c1cccc(C(O)(C(F)(F)F)C(F)(F)F)c1)(C(F)(F)F)C(F)(F)F. The zero-order valence-corrected chi connectivity index (χ0v) is 14.8. The molecule has 0 heterocycles.